The van der Waals surface area contributed by atoms with Gasteiger partial charge in [-0.1, -0.05) is 39.8 Å². The minimum absolute atomic E-state index is 0.0940. The highest BCUT2D eigenvalue weighted by molar-refractivity contribution is 9.10. The Labute approximate surface area is 176 Å². The first-order valence-electron chi connectivity index (χ1n) is 8.69. The molecule has 0 radical (unpaired) electrons. The normalized spacial score (nSPS) is 10.7. The maximum absolute atomic E-state index is 12.1. The van der Waals surface area contributed by atoms with Crippen molar-refractivity contribution in [3.63, 3.8) is 0 Å². The smallest absolute Gasteiger partial charge is 0.234 e. The predicted molar refractivity (Wildman–Crippen MR) is 115 cm³/mol. The summed E-state index contributed by atoms with van der Waals surface area (Å²) in [6.07, 6.45) is 0. The zero-order valence-electron chi connectivity index (χ0n) is 15.9. The van der Waals surface area contributed by atoms with Gasteiger partial charge in [0.25, 0.3) is 0 Å². The van der Waals surface area contributed by atoms with Gasteiger partial charge >= 0.3 is 0 Å². The van der Waals surface area contributed by atoms with Crippen molar-refractivity contribution < 1.29 is 9.53 Å². The molecule has 6 nitrogen and oxygen atoms in total. The Morgan fingerprint density at radius 2 is 1.93 bits per heavy atom. The molecule has 28 heavy (non-hydrogen) atoms. The number of ether oxygens (including phenoxy) is 1. The van der Waals surface area contributed by atoms with Crippen LogP contribution in [0.4, 0.5) is 5.69 Å². The number of aryl methyl sites for hydroxylation is 1. The Balaban J connectivity index is 1.54. The second kappa shape index (κ2) is 9.25. The molecular weight excluding hydrogens is 440 g/mol. The minimum atomic E-state index is -0.0940. The Morgan fingerprint density at radius 1 is 1.18 bits per heavy atom. The van der Waals surface area contributed by atoms with E-state index in [0.717, 1.165) is 21.5 Å². The number of amides is 1. The maximum atomic E-state index is 12.1. The monoisotopic (exact) mass is 460 g/mol. The van der Waals surface area contributed by atoms with Crippen LogP contribution in [-0.4, -0.2) is 26.4 Å². The van der Waals surface area contributed by atoms with E-state index in [0.29, 0.717) is 17.6 Å². The zero-order chi connectivity index (χ0) is 20.1. The number of aromatic nitrogens is 3. The molecule has 0 fully saturated rings. The van der Waals surface area contributed by atoms with Crippen molar-refractivity contribution in [2.45, 2.75) is 25.6 Å². The highest BCUT2D eigenvalue weighted by Gasteiger charge is 2.13. The van der Waals surface area contributed by atoms with Crippen molar-refractivity contribution in [2.24, 2.45) is 7.05 Å². The van der Waals surface area contributed by atoms with Crippen LogP contribution >= 0.6 is 27.7 Å². The molecule has 1 aromatic heterocycles. The lowest BCUT2D eigenvalue weighted by Gasteiger charge is -2.10. The molecule has 0 aliphatic heterocycles. The van der Waals surface area contributed by atoms with E-state index in [1.807, 2.05) is 54.9 Å². The van der Waals surface area contributed by atoms with Crippen LogP contribution in [0.15, 0.2) is 52.1 Å². The molecule has 0 atom stereocenters. The molecule has 1 N–H and O–H groups in total. The zero-order valence-corrected chi connectivity index (χ0v) is 18.3. The number of carbonyl (C=O) groups is 1. The molecule has 3 aromatic rings. The Kier molecular flexibility index (Phi) is 6.74. The molecule has 146 valence electrons. The summed E-state index contributed by atoms with van der Waals surface area (Å²) in [4.78, 5) is 12.1. The molecule has 1 amide bonds. The highest BCUT2D eigenvalue weighted by atomic mass is 79.9. The van der Waals surface area contributed by atoms with Crippen LogP contribution in [0.1, 0.15) is 17.0 Å². The number of hydrogen-bond acceptors (Lipinski definition) is 5. The molecule has 0 saturated carbocycles. The number of benzene rings is 2. The third-order valence-electron chi connectivity index (χ3n) is 4.30. The van der Waals surface area contributed by atoms with Crippen LogP contribution in [0.2, 0.25) is 0 Å². The number of thioether (sulfide) groups is 1. The van der Waals surface area contributed by atoms with Gasteiger partial charge in [0.05, 0.1) is 5.75 Å². The Morgan fingerprint density at radius 3 is 2.68 bits per heavy atom. The molecule has 0 bridgehead atoms. The molecule has 3 rings (SSSR count). The van der Waals surface area contributed by atoms with Crippen molar-refractivity contribution in [3.05, 3.63) is 63.9 Å². The fraction of sp³-hybridized carbons (Fsp3) is 0.250. The number of carbonyl (C=O) groups excluding carboxylic acids is 1. The lowest BCUT2D eigenvalue weighted by molar-refractivity contribution is -0.113. The third kappa shape index (κ3) is 5.14. The number of hydrogen-bond donors (Lipinski definition) is 1. The van der Waals surface area contributed by atoms with Crippen molar-refractivity contribution in [3.8, 4) is 5.75 Å². The van der Waals surface area contributed by atoms with Gasteiger partial charge < -0.3 is 14.6 Å². The van der Waals surface area contributed by atoms with E-state index in [2.05, 4.69) is 44.4 Å². The third-order valence-corrected chi connectivity index (χ3v) is 5.85. The van der Waals surface area contributed by atoms with Crippen molar-refractivity contribution in [2.75, 3.05) is 11.1 Å². The van der Waals surface area contributed by atoms with Crippen molar-refractivity contribution in [1.29, 1.82) is 0 Å². The fourth-order valence-electron chi connectivity index (χ4n) is 2.48. The first-order chi connectivity index (χ1) is 13.4. The van der Waals surface area contributed by atoms with Gasteiger partial charge in [-0.25, -0.2) is 0 Å². The average Bonchev–Trinajstić information content (AvgIpc) is 3.03. The Bertz CT molecular complexity index is 973. The van der Waals surface area contributed by atoms with Gasteiger partial charge in [-0.05, 0) is 55.3 Å². The number of anilines is 1. The van der Waals surface area contributed by atoms with Gasteiger partial charge in [0, 0.05) is 17.2 Å². The standard InChI is InChI=1S/C20H21BrN4O2S/c1-13-5-4-6-17(14(13)2)27-11-18-23-24-20(25(18)3)28-12-19(26)22-16-9-7-15(21)8-10-16/h4-10H,11-12H2,1-3H3,(H,22,26). The quantitative estimate of drug-likeness (QED) is 0.525. The van der Waals surface area contributed by atoms with Crippen LogP contribution in [0.3, 0.4) is 0 Å². The second-order valence-electron chi connectivity index (χ2n) is 6.29. The van der Waals surface area contributed by atoms with Gasteiger partial charge in [0.15, 0.2) is 11.0 Å². The SMILES string of the molecule is Cc1cccc(OCc2nnc(SCC(=O)Nc3ccc(Br)cc3)n2C)c1C. The second-order valence-corrected chi connectivity index (χ2v) is 8.15. The van der Waals surface area contributed by atoms with Gasteiger partial charge in [0.2, 0.25) is 5.91 Å². The van der Waals surface area contributed by atoms with Crippen molar-refractivity contribution >= 4 is 39.3 Å². The van der Waals surface area contributed by atoms with E-state index >= 15 is 0 Å². The summed E-state index contributed by atoms with van der Waals surface area (Å²) < 4.78 is 8.71. The molecule has 8 heteroatoms. The maximum Gasteiger partial charge on any atom is 0.234 e. The molecule has 0 aliphatic rings. The van der Waals surface area contributed by atoms with Crippen molar-refractivity contribution in [1.82, 2.24) is 14.8 Å². The number of halogens is 1. The summed E-state index contributed by atoms with van der Waals surface area (Å²) in [5.74, 6) is 1.70. The lowest BCUT2D eigenvalue weighted by atomic mass is 10.1. The summed E-state index contributed by atoms with van der Waals surface area (Å²) in [6.45, 7) is 4.41. The van der Waals surface area contributed by atoms with Crippen LogP contribution < -0.4 is 10.1 Å². The van der Waals surface area contributed by atoms with E-state index in [4.69, 9.17) is 4.74 Å². The van der Waals surface area contributed by atoms with Gasteiger partial charge in [-0.3, -0.25) is 4.79 Å². The molecular formula is C20H21BrN4O2S. The van der Waals surface area contributed by atoms with E-state index in [9.17, 15) is 4.79 Å². The van der Waals surface area contributed by atoms with E-state index in [-0.39, 0.29) is 11.7 Å². The summed E-state index contributed by atoms with van der Waals surface area (Å²) in [5, 5.41) is 11.9. The number of nitrogens with one attached hydrogen (secondary N) is 1. The molecule has 1 heterocycles. The summed E-state index contributed by atoms with van der Waals surface area (Å²) in [6, 6.07) is 13.4. The van der Waals surface area contributed by atoms with E-state index < -0.39 is 0 Å². The number of nitrogens with zero attached hydrogens (tertiary/aromatic N) is 3. The molecule has 0 saturated heterocycles. The Hall–Kier alpha value is -2.32. The topological polar surface area (TPSA) is 69.0 Å². The first kappa shape index (κ1) is 20.4. The van der Waals surface area contributed by atoms with E-state index in [1.165, 1.54) is 17.3 Å². The summed E-state index contributed by atoms with van der Waals surface area (Å²) in [7, 11) is 1.87. The lowest BCUT2D eigenvalue weighted by Crippen LogP contribution is -2.14. The summed E-state index contributed by atoms with van der Waals surface area (Å²) in [5.41, 5.74) is 3.06. The predicted octanol–water partition coefficient (Wildman–Crippen LogP) is 4.50. The van der Waals surface area contributed by atoms with Crippen LogP contribution in [0.5, 0.6) is 5.75 Å². The molecule has 0 aliphatic carbocycles. The minimum Gasteiger partial charge on any atom is -0.485 e. The highest BCUT2D eigenvalue weighted by Crippen LogP contribution is 2.22. The van der Waals surface area contributed by atoms with Gasteiger partial charge in [-0.15, -0.1) is 10.2 Å². The van der Waals surface area contributed by atoms with E-state index in [1.54, 1.807) is 0 Å². The molecule has 0 spiro atoms. The van der Waals surface area contributed by atoms with Crippen LogP contribution in [0.25, 0.3) is 0 Å². The van der Waals surface area contributed by atoms with Gasteiger partial charge in [0.1, 0.15) is 12.4 Å². The first-order valence-corrected chi connectivity index (χ1v) is 10.5. The van der Waals surface area contributed by atoms with Crippen LogP contribution in [0, 0.1) is 13.8 Å². The van der Waals surface area contributed by atoms with Gasteiger partial charge in [-0.2, -0.15) is 0 Å². The molecule has 0 unspecified atom stereocenters. The largest absolute Gasteiger partial charge is 0.485 e. The molecule has 2 aromatic carbocycles. The fourth-order valence-corrected chi connectivity index (χ4v) is 3.47. The average molecular weight is 461 g/mol. The summed E-state index contributed by atoms with van der Waals surface area (Å²) >= 11 is 4.71. The number of rotatable bonds is 7. The van der Waals surface area contributed by atoms with Crippen LogP contribution in [-0.2, 0) is 18.4 Å².